The van der Waals surface area contributed by atoms with Crippen molar-refractivity contribution in [2.24, 2.45) is 0 Å². The Morgan fingerprint density at radius 3 is 3.00 bits per heavy atom. The van der Waals surface area contributed by atoms with Crippen LogP contribution >= 0.6 is 22.9 Å². The first-order valence-corrected chi connectivity index (χ1v) is 8.01. The molecule has 1 heterocycles. The molecule has 1 aliphatic rings. The maximum atomic E-state index is 11.7. The number of aryl methyl sites for hydroxylation is 2. The lowest BCUT2D eigenvalue weighted by Crippen LogP contribution is -2.09. The van der Waals surface area contributed by atoms with Crippen molar-refractivity contribution in [3.63, 3.8) is 0 Å². The van der Waals surface area contributed by atoms with Crippen LogP contribution in [-0.2, 0) is 11.2 Å². The van der Waals surface area contributed by atoms with Crippen LogP contribution in [0.25, 0.3) is 0 Å². The second kappa shape index (κ2) is 5.70. The summed E-state index contributed by atoms with van der Waals surface area (Å²) in [6, 6.07) is 7.88. The first-order chi connectivity index (χ1) is 10.1. The third-order valence-electron chi connectivity index (χ3n) is 3.84. The lowest BCUT2D eigenvalue weighted by atomic mass is 10.1. The number of ether oxygens (including phenoxy) is 1. The minimum absolute atomic E-state index is 0.260. The second-order valence-corrected chi connectivity index (χ2v) is 6.95. The number of hydrogen-bond acceptors (Lipinski definition) is 4. The molecule has 3 nitrogen and oxygen atoms in total. The summed E-state index contributed by atoms with van der Waals surface area (Å²) >= 11 is 7.75. The molecule has 1 atom stereocenters. The summed E-state index contributed by atoms with van der Waals surface area (Å²) in [5, 5.41) is 3.54. The minimum Gasteiger partial charge on any atom is -0.465 e. The van der Waals surface area contributed by atoms with E-state index in [0.717, 1.165) is 28.4 Å². The summed E-state index contributed by atoms with van der Waals surface area (Å²) < 4.78 is 5.62. The van der Waals surface area contributed by atoms with Crippen LogP contribution in [0.3, 0.4) is 0 Å². The number of anilines is 1. The van der Waals surface area contributed by atoms with Crippen molar-refractivity contribution in [2.75, 3.05) is 12.4 Å². The number of hydrogen-bond donors (Lipinski definition) is 1. The Labute approximate surface area is 132 Å². The average Bonchev–Trinajstić information content (AvgIpc) is 3.00. The van der Waals surface area contributed by atoms with Gasteiger partial charge >= 0.3 is 5.97 Å². The summed E-state index contributed by atoms with van der Waals surface area (Å²) in [7, 11) is 1.39. The highest BCUT2D eigenvalue weighted by atomic mass is 35.5. The van der Waals surface area contributed by atoms with Crippen LogP contribution in [0.15, 0.2) is 24.3 Å². The predicted octanol–water partition coefficient (Wildman–Crippen LogP) is 4.60. The van der Waals surface area contributed by atoms with Gasteiger partial charge < -0.3 is 10.1 Å². The van der Waals surface area contributed by atoms with Gasteiger partial charge in [-0.1, -0.05) is 17.7 Å². The summed E-state index contributed by atoms with van der Waals surface area (Å²) in [6.45, 7) is 2.03. The highest BCUT2D eigenvalue weighted by Crippen LogP contribution is 2.41. The number of carbonyl (C=O) groups excluding carboxylic acids is 1. The quantitative estimate of drug-likeness (QED) is 0.840. The lowest BCUT2D eigenvalue weighted by Gasteiger charge is -2.17. The largest absolute Gasteiger partial charge is 0.465 e. The number of rotatable bonds is 3. The smallest absolute Gasteiger partial charge is 0.337 e. The SMILES string of the molecule is COC(=O)c1ccc(C)c(NC2CCc3sc(Cl)cc32)c1. The first-order valence-electron chi connectivity index (χ1n) is 6.82. The van der Waals surface area contributed by atoms with E-state index in [0.29, 0.717) is 5.56 Å². The van der Waals surface area contributed by atoms with Crippen LogP contribution in [0, 0.1) is 6.92 Å². The normalized spacial score (nSPS) is 16.6. The van der Waals surface area contributed by atoms with E-state index in [1.54, 1.807) is 17.4 Å². The molecule has 0 aliphatic heterocycles. The zero-order valence-corrected chi connectivity index (χ0v) is 13.5. The number of nitrogens with one attached hydrogen (secondary N) is 1. The van der Waals surface area contributed by atoms with Crippen molar-refractivity contribution in [1.29, 1.82) is 0 Å². The van der Waals surface area contributed by atoms with Gasteiger partial charge in [-0.25, -0.2) is 4.79 Å². The fourth-order valence-corrected chi connectivity index (χ4v) is 4.05. The van der Waals surface area contributed by atoms with Gasteiger partial charge in [0.15, 0.2) is 0 Å². The number of thiophene rings is 1. The molecule has 1 aromatic heterocycles. The van der Waals surface area contributed by atoms with Crippen LogP contribution in [0.5, 0.6) is 0 Å². The molecular weight excluding hydrogens is 306 g/mol. The van der Waals surface area contributed by atoms with E-state index < -0.39 is 0 Å². The Morgan fingerprint density at radius 1 is 1.43 bits per heavy atom. The summed E-state index contributed by atoms with van der Waals surface area (Å²) in [5.74, 6) is -0.316. The van der Waals surface area contributed by atoms with Crippen molar-refractivity contribution in [1.82, 2.24) is 0 Å². The zero-order valence-electron chi connectivity index (χ0n) is 11.9. The van der Waals surface area contributed by atoms with E-state index in [2.05, 4.69) is 5.32 Å². The molecule has 3 rings (SSSR count). The molecule has 0 saturated carbocycles. The number of fused-ring (bicyclic) bond motifs is 1. The lowest BCUT2D eigenvalue weighted by molar-refractivity contribution is 0.0601. The van der Waals surface area contributed by atoms with Crippen LogP contribution < -0.4 is 5.32 Å². The highest BCUT2D eigenvalue weighted by Gasteiger charge is 2.25. The molecule has 0 amide bonds. The fourth-order valence-electron chi connectivity index (χ4n) is 2.69. The number of carbonyl (C=O) groups is 1. The van der Waals surface area contributed by atoms with Crippen molar-refractivity contribution < 1.29 is 9.53 Å². The molecule has 1 unspecified atom stereocenters. The van der Waals surface area contributed by atoms with Gasteiger partial charge in [-0.15, -0.1) is 11.3 Å². The van der Waals surface area contributed by atoms with Gasteiger partial charge in [0.2, 0.25) is 0 Å². The molecule has 0 spiro atoms. The molecular formula is C16H16ClNO2S. The number of esters is 1. The Hall–Kier alpha value is -1.52. The molecule has 21 heavy (non-hydrogen) atoms. The van der Waals surface area contributed by atoms with Crippen LogP contribution in [0.2, 0.25) is 4.34 Å². The van der Waals surface area contributed by atoms with Crippen molar-refractivity contribution >= 4 is 34.6 Å². The van der Waals surface area contributed by atoms with Crippen molar-refractivity contribution in [2.45, 2.75) is 25.8 Å². The van der Waals surface area contributed by atoms with Gasteiger partial charge in [0.05, 0.1) is 23.1 Å². The van der Waals surface area contributed by atoms with E-state index in [1.165, 1.54) is 17.6 Å². The number of halogens is 1. The van der Waals surface area contributed by atoms with Crippen LogP contribution in [0.4, 0.5) is 5.69 Å². The average molecular weight is 322 g/mol. The molecule has 2 aromatic rings. The van der Waals surface area contributed by atoms with Crippen LogP contribution in [-0.4, -0.2) is 13.1 Å². The Balaban J connectivity index is 1.87. The summed E-state index contributed by atoms with van der Waals surface area (Å²) in [5.41, 5.74) is 3.93. The summed E-state index contributed by atoms with van der Waals surface area (Å²) in [6.07, 6.45) is 2.11. The van der Waals surface area contributed by atoms with Crippen molar-refractivity contribution in [3.05, 3.63) is 50.2 Å². The van der Waals surface area contributed by atoms with Crippen molar-refractivity contribution in [3.8, 4) is 0 Å². The monoisotopic (exact) mass is 321 g/mol. The Bertz CT molecular complexity index is 696. The molecule has 1 aliphatic carbocycles. The van der Waals surface area contributed by atoms with Gasteiger partial charge in [0, 0.05) is 10.6 Å². The van der Waals surface area contributed by atoms with Gasteiger partial charge in [-0.05, 0) is 49.1 Å². The minimum atomic E-state index is -0.316. The molecule has 1 N–H and O–H groups in total. The van der Waals surface area contributed by atoms with Gasteiger partial charge in [-0.2, -0.15) is 0 Å². The first kappa shape index (κ1) is 14.4. The van der Waals surface area contributed by atoms with E-state index in [1.807, 2.05) is 25.1 Å². The fraction of sp³-hybridized carbons (Fsp3) is 0.312. The number of benzene rings is 1. The third kappa shape index (κ3) is 2.78. The zero-order chi connectivity index (χ0) is 15.0. The number of methoxy groups -OCH3 is 1. The maximum absolute atomic E-state index is 11.7. The van der Waals surface area contributed by atoms with E-state index in [-0.39, 0.29) is 12.0 Å². The Kier molecular flexibility index (Phi) is 3.91. The highest BCUT2D eigenvalue weighted by molar-refractivity contribution is 7.16. The van der Waals surface area contributed by atoms with Crippen LogP contribution in [0.1, 0.15) is 38.8 Å². The molecule has 0 radical (unpaired) electrons. The van der Waals surface area contributed by atoms with E-state index in [4.69, 9.17) is 16.3 Å². The maximum Gasteiger partial charge on any atom is 0.337 e. The topological polar surface area (TPSA) is 38.3 Å². The molecule has 0 fully saturated rings. The van der Waals surface area contributed by atoms with E-state index in [9.17, 15) is 4.79 Å². The van der Waals surface area contributed by atoms with E-state index >= 15 is 0 Å². The van der Waals surface area contributed by atoms with Gasteiger partial charge in [0.1, 0.15) is 0 Å². The Morgan fingerprint density at radius 2 is 2.24 bits per heavy atom. The van der Waals surface area contributed by atoms with Gasteiger partial charge in [-0.3, -0.25) is 0 Å². The molecule has 0 bridgehead atoms. The summed E-state index contributed by atoms with van der Waals surface area (Å²) in [4.78, 5) is 13.0. The molecule has 0 saturated heterocycles. The molecule has 110 valence electrons. The molecule has 1 aromatic carbocycles. The molecule has 5 heteroatoms. The van der Waals surface area contributed by atoms with Gasteiger partial charge in [0.25, 0.3) is 0 Å². The standard InChI is InChI=1S/C16H16ClNO2S/c1-9-3-4-10(16(19)20-2)7-13(9)18-12-5-6-14-11(12)8-15(17)21-14/h3-4,7-8,12,18H,5-6H2,1-2H3. The predicted molar refractivity (Wildman–Crippen MR) is 86.5 cm³/mol. The third-order valence-corrected chi connectivity index (χ3v) is 5.18. The second-order valence-electron chi connectivity index (χ2n) is 5.19.